The minimum Gasteiger partial charge on any atom is -0.496 e. The number of hydrogen-bond acceptors (Lipinski definition) is 4. The molecule has 0 saturated carbocycles. The van der Waals surface area contributed by atoms with E-state index < -0.39 is 12.0 Å². The monoisotopic (exact) mass is 389 g/mol. The SMILES string of the molecule is COc1ccccc1-c1ccccc1CN1CCOc2ccccc2C1C(=O)O. The molecule has 29 heavy (non-hydrogen) atoms. The summed E-state index contributed by atoms with van der Waals surface area (Å²) in [6.45, 7) is 1.45. The summed E-state index contributed by atoms with van der Waals surface area (Å²) in [5, 5.41) is 10.0. The van der Waals surface area contributed by atoms with E-state index in [-0.39, 0.29) is 0 Å². The van der Waals surface area contributed by atoms with Crippen molar-refractivity contribution in [2.75, 3.05) is 20.3 Å². The van der Waals surface area contributed by atoms with Gasteiger partial charge in [-0.1, -0.05) is 60.7 Å². The van der Waals surface area contributed by atoms with Gasteiger partial charge < -0.3 is 14.6 Å². The van der Waals surface area contributed by atoms with Crippen molar-refractivity contribution in [2.24, 2.45) is 0 Å². The van der Waals surface area contributed by atoms with Gasteiger partial charge in [0.15, 0.2) is 0 Å². The van der Waals surface area contributed by atoms with Crippen molar-refractivity contribution < 1.29 is 19.4 Å². The minimum absolute atomic E-state index is 0.442. The molecule has 1 aliphatic rings. The van der Waals surface area contributed by atoms with E-state index in [2.05, 4.69) is 0 Å². The van der Waals surface area contributed by atoms with Crippen LogP contribution in [0.3, 0.4) is 0 Å². The smallest absolute Gasteiger partial charge is 0.325 e. The van der Waals surface area contributed by atoms with Crippen LogP contribution in [-0.4, -0.2) is 36.2 Å². The van der Waals surface area contributed by atoms with E-state index in [1.54, 1.807) is 7.11 Å². The Morgan fingerprint density at radius 3 is 2.52 bits per heavy atom. The summed E-state index contributed by atoms with van der Waals surface area (Å²) in [5.41, 5.74) is 3.76. The van der Waals surface area contributed by atoms with Gasteiger partial charge in [0.2, 0.25) is 0 Å². The Hall–Kier alpha value is -3.31. The van der Waals surface area contributed by atoms with Crippen LogP contribution in [0, 0.1) is 0 Å². The summed E-state index contributed by atoms with van der Waals surface area (Å²) in [6.07, 6.45) is 0. The van der Waals surface area contributed by atoms with Gasteiger partial charge in [-0.05, 0) is 23.3 Å². The van der Waals surface area contributed by atoms with Crippen LogP contribution in [0.1, 0.15) is 17.2 Å². The van der Waals surface area contributed by atoms with Crippen molar-refractivity contribution >= 4 is 5.97 Å². The zero-order valence-electron chi connectivity index (χ0n) is 16.2. The number of carboxylic acid groups (broad SMARTS) is 1. The van der Waals surface area contributed by atoms with E-state index in [0.29, 0.717) is 31.0 Å². The lowest BCUT2D eigenvalue weighted by atomic mass is 9.97. The average molecular weight is 389 g/mol. The predicted molar refractivity (Wildman–Crippen MR) is 111 cm³/mol. The molecule has 4 rings (SSSR count). The molecular weight excluding hydrogens is 366 g/mol. The van der Waals surface area contributed by atoms with Gasteiger partial charge in [-0.25, -0.2) is 0 Å². The first-order valence-corrected chi connectivity index (χ1v) is 9.59. The second-order valence-corrected chi connectivity index (χ2v) is 6.95. The maximum atomic E-state index is 12.2. The number of carbonyl (C=O) groups is 1. The molecule has 0 saturated heterocycles. The lowest BCUT2D eigenvalue weighted by Gasteiger charge is -2.27. The molecule has 0 amide bonds. The fourth-order valence-corrected chi connectivity index (χ4v) is 3.90. The molecule has 5 nitrogen and oxygen atoms in total. The summed E-state index contributed by atoms with van der Waals surface area (Å²) in [7, 11) is 1.66. The Labute approximate surface area is 170 Å². The van der Waals surface area contributed by atoms with E-state index in [1.165, 1.54) is 0 Å². The van der Waals surface area contributed by atoms with Crippen LogP contribution < -0.4 is 9.47 Å². The van der Waals surface area contributed by atoms with Gasteiger partial charge >= 0.3 is 5.97 Å². The van der Waals surface area contributed by atoms with Crippen molar-refractivity contribution in [3.63, 3.8) is 0 Å². The van der Waals surface area contributed by atoms with Crippen LogP contribution in [-0.2, 0) is 11.3 Å². The standard InChI is InChI=1S/C24H23NO4/c1-28-21-12-6-4-10-19(21)18-9-3-2-8-17(18)16-25-14-15-29-22-13-7-5-11-20(22)23(25)24(26)27/h2-13,23H,14-16H2,1H3,(H,26,27). The lowest BCUT2D eigenvalue weighted by Crippen LogP contribution is -2.34. The van der Waals surface area contributed by atoms with Crippen molar-refractivity contribution in [3.05, 3.63) is 83.9 Å². The first-order chi connectivity index (χ1) is 14.2. The average Bonchev–Trinajstić information content (AvgIpc) is 2.93. The molecule has 0 bridgehead atoms. The zero-order valence-corrected chi connectivity index (χ0v) is 16.2. The number of carboxylic acids is 1. The summed E-state index contributed by atoms with van der Waals surface area (Å²) in [4.78, 5) is 14.2. The Bertz CT molecular complexity index is 1020. The van der Waals surface area contributed by atoms with Gasteiger partial charge in [0.25, 0.3) is 0 Å². The summed E-state index contributed by atoms with van der Waals surface area (Å²) >= 11 is 0. The quantitative estimate of drug-likeness (QED) is 0.702. The van der Waals surface area contributed by atoms with Crippen LogP contribution in [0.2, 0.25) is 0 Å². The predicted octanol–water partition coefficient (Wildman–Crippen LogP) is 4.38. The number of para-hydroxylation sites is 2. The number of benzene rings is 3. The fourth-order valence-electron chi connectivity index (χ4n) is 3.90. The van der Waals surface area contributed by atoms with Crippen molar-refractivity contribution in [1.29, 1.82) is 0 Å². The van der Waals surface area contributed by atoms with Crippen molar-refractivity contribution in [3.8, 4) is 22.6 Å². The largest absolute Gasteiger partial charge is 0.496 e. The Morgan fingerprint density at radius 2 is 1.72 bits per heavy atom. The third-order valence-corrected chi connectivity index (χ3v) is 5.24. The Morgan fingerprint density at radius 1 is 1.03 bits per heavy atom. The van der Waals surface area contributed by atoms with Gasteiger partial charge in [-0.15, -0.1) is 0 Å². The molecule has 3 aromatic carbocycles. The molecule has 0 fully saturated rings. The van der Waals surface area contributed by atoms with Crippen LogP contribution in [0.4, 0.5) is 0 Å². The highest BCUT2D eigenvalue weighted by molar-refractivity contribution is 5.77. The summed E-state index contributed by atoms with van der Waals surface area (Å²) in [5.74, 6) is 0.553. The number of nitrogens with zero attached hydrogens (tertiary/aromatic N) is 1. The topological polar surface area (TPSA) is 59.0 Å². The second kappa shape index (κ2) is 8.37. The molecule has 5 heteroatoms. The van der Waals surface area contributed by atoms with E-state index >= 15 is 0 Å². The van der Waals surface area contributed by atoms with E-state index in [9.17, 15) is 9.90 Å². The Balaban J connectivity index is 1.73. The highest BCUT2D eigenvalue weighted by atomic mass is 16.5. The summed E-state index contributed by atoms with van der Waals surface area (Å²) < 4.78 is 11.4. The lowest BCUT2D eigenvalue weighted by molar-refractivity contribution is -0.143. The highest BCUT2D eigenvalue weighted by Crippen LogP contribution is 2.36. The minimum atomic E-state index is -0.877. The van der Waals surface area contributed by atoms with Crippen molar-refractivity contribution in [2.45, 2.75) is 12.6 Å². The molecule has 1 N–H and O–H groups in total. The molecule has 0 spiro atoms. The van der Waals surface area contributed by atoms with Gasteiger partial charge in [0.05, 0.1) is 7.11 Å². The van der Waals surface area contributed by atoms with E-state index in [1.807, 2.05) is 77.7 Å². The van der Waals surface area contributed by atoms with Gasteiger partial charge in [-0.3, -0.25) is 9.69 Å². The number of ether oxygens (including phenoxy) is 2. The first-order valence-electron chi connectivity index (χ1n) is 9.59. The first kappa shape index (κ1) is 19.0. The maximum absolute atomic E-state index is 12.2. The van der Waals surface area contributed by atoms with Gasteiger partial charge in [0.1, 0.15) is 24.1 Å². The van der Waals surface area contributed by atoms with Crippen molar-refractivity contribution in [1.82, 2.24) is 4.90 Å². The number of aliphatic carboxylic acids is 1. The van der Waals surface area contributed by atoms with Crippen LogP contribution in [0.25, 0.3) is 11.1 Å². The molecule has 148 valence electrons. The van der Waals surface area contributed by atoms with Gasteiger partial charge in [0, 0.05) is 24.2 Å². The van der Waals surface area contributed by atoms with Crippen LogP contribution in [0.5, 0.6) is 11.5 Å². The van der Waals surface area contributed by atoms with E-state index in [0.717, 1.165) is 22.4 Å². The molecule has 0 aliphatic carbocycles. The Kier molecular flexibility index (Phi) is 5.49. The number of rotatable bonds is 5. The zero-order chi connectivity index (χ0) is 20.2. The normalized spacial score (nSPS) is 16.4. The van der Waals surface area contributed by atoms with Crippen LogP contribution in [0.15, 0.2) is 72.8 Å². The molecule has 1 heterocycles. The maximum Gasteiger partial charge on any atom is 0.325 e. The fraction of sp³-hybridized carbons (Fsp3) is 0.208. The number of fused-ring (bicyclic) bond motifs is 1. The third kappa shape index (κ3) is 3.82. The molecule has 1 unspecified atom stereocenters. The molecular formula is C24H23NO4. The molecule has 0 aromatic heterocycles. The third-order valence-electron chi connectivity index (χ3n) is 5.24. The van der Waals surface area contributed by atoms with Crippen LogP contribution >= 0.6 is 0 Å². The second-order valence-electron chi connectivity index (χ2n) is 6.95. The van der Waals surface area contributed by atoms with E-state index in [4.69, 9.17) is 9.47 Å². The molecule has 0 radical (unpaired) electrons. The number of methoxy groups -OCH3 is 1. The van der Waals surface area contributed by atoms with Gasteiger partial charge in [-0.2, -0.15) is 0 Å². The summed E-state index contributed by atoms with van der Waals surface area (Å²) in [6, 6.07) is 22.5. The molecule has 1 aliphatic heterocycles. The molecule has 3 aromatic rings. The highest BCUT2D eigenvalue weighted by Gasteiger charge is 2.32. The number of hydrogen-bond donors (Lipinski definition) is 1. The molecule has 1 atom stereocenters.